The van der Waals surface area contributed by atoms with Crippen LogP contribution in [0.2, 0.25) is 0 Å². The molecule has 1 aliphatic rings. The fraction of sp³-hybridized carbons (Fsp3) is 0.462. The second-order valence-electron chi connectivity index (χ2n) is 4.21. The number of benzene rings is 1. The third kappa shape index (κ3) is 2.67. The van der Waals surface area contributed by atoms with E-state index < -0.39 is 0 Å². The van der Waals surface area contributed by atoms with Crippen LogP contribution in [0.1, 0.15) is 6.92 Å². The smallest absolute Gasteiger partial charge is 0.314 e. The highest BCUT2D eigenvalue weighted by atomic mass is 16.5. The fourth-order valence-corrected chi connectivity index (χ4v) is 2.16. The van der Waals surface area contributed by atoms with Gasteiger partial charge >= 0.3 is 6.03 Å². The molecule has 0 atom stereocenters. The molecule has 1 aromatic rings. The Hall–Kier alpha value is -1.91. The van der Waals surface area contributed by atoms with Gasteiger partial charge < -0.3 is 20.3 Å². The average Bonchev–Trinajstić information content (AvgIpc) is 2.40. The van der Waals surface area contributed by atoms with Crippen molar-refractivity contribution in [2.24, 2.45) is 5.73 Å². The van der Waals surface area contributed by atoms with Crippen LogP contribution in [0.3, 0.4) is 0 Å². The number of carbonyl (C=O) groups excluding carboxylic acids is 1. The Bertz CT molecular complexity index is 414. The van der Waals surface area contributed by atoms with E-state index in [1.54, 1.807) is 4.90 Å². The number of piperazine rings is 1. The Labute approximate surface area is 107 Å². The molecular weight excluding hydrogens is 230 g/mol. The highest BCUT2D eigenvalue weighted by Crippen LogP contribution is 2.28. The molecule has 2 amide bonds. The van der Waals surface area contributed by atoms with Crippen molar-refractivity contribution < 1.29 is 9.53 Å². The summed E-state index contributed by atoms with van der Waals surface area (Å²) in [6, 6.07) is 7.64. The first-order valence-corrected chi connectivity index (χ1v) is 6.23. The van der Waals surface area contributed by atoms with E-state index in [0.29, 0.717) is 19.7 Å². The van der Waals surface area contributed by atoms with Crippen LogP contribution in [0.4, 0.5) is 10.5 Å². The second kappa shape index (κ2) is 5.62. The first-order valence-electron chi connectivity index (χ1n) is 6.23. The molecule has 0 spiro atoms. The molecule has 0 aromatic heterocycles. The van der Waals surface area contributed by atoms with E-state index in [1.165, 1.54) is 0 Å². The highest BCUT2D eigenvalue weighted by molar-refractivity contribution is 5.72. The van der Waals surface area contributed by atoms with Gasteiger partial charge in [-0.1, -0.05) is 12.1 Å². The van der Waals surface area contributed by atoms with Crippen molar-refractivity contribution in [3.05, 3.63) is 24.3 Å². The van der Waals surface area contributed by atoms with Crippen molar-refractivity contribution >= 4 is 11.7 Å². The zero-order chi connectivity index (χ0) is 13.0. The molecule has 1 aromatic carbocycles. The van der Waals surface area contributed by atoms with Crippen molar-refractivity contribution in [1.82, 2.24) is 4.90 Å². The Morgan fingerprint density at radius 2 is 1.94 bits per heavy atom. The number of nitrogens with zero attached hydrogens (tertiary/aromatic N) is 2. The summed E-state index contributed by atoms with van der Waals surface area (Å²) in [6.07, 6.45) is 0. The van der Waals surface area contributed by atoms with Crippen LogP contribution >= 0.6 is 0 Å². The van der Waals surface area contributed by atoms with Gasteiger partial charge in [-0.25, -0.2) is 4.79 Å². The lowest BCUT2D eigenvalue weighted by Gasteiger charge is -2.35. The van der Waals surface area contributed by atoms with E-state index in [0.717, 1.165) is 24.5 Å². The van der Waals surface area contributed by atoms with Gasteiger partial charge in [0, 0.05) is 26.2 Å². The van der Waals surface area contributed by atoms with Gasteiger partial charge in [-0.05, 0) is 19.1 Å². The van der Waals surface area contributed by atoms with Crippen molar-refractivity contribution in [3.8, 4) is 5.75 Å². The van der Waals surface area contributed by atoms with Gasteiger partial charge in [0.05, 0.1) is 12.3 Å². The summed E-state index contributed by atoms with van der Waals surface area (Å²) in [5.41, 5.74) is 6.36. The molecule has 5 nitrogen and oxygen atoms in total. The predicted octanol–water partition coefficient (Wildman–Crippen LogP) is 1.29. The van der Waals surface area contributed by atoms with Crippen LogP contribution in [-0.2, 0) is 0 Å². The molecule has 0 bridgehead atoms. The van der Waals surface area contributed by atoms with Gasteiger partial charge in [0.25, 0.3) is 0 Å². The summed E-state index contributed by atoms with van der Waals surface area (Å²) in [7, 11) is 0. The second-order valence-corrected chi connectivity index (χ2v) is 4.21. The lowest BCUT2D eigenvalue weighted by Crippen LogP contribution is -2.50. The maximum atomic E-state index is 11.1. The molecular formula is C13H19N3O2. The summed E-state index contributed by atoms with van der Waals surface area (Å²) in [5.74, 6) is 0.896. The fourth-order valence-electron chi connectivity index (χ4n) is 2.16. The maximum Gasteiger partial charge on any atom is 0.314 e. The third-order valence-electron chi connectivity index (χ3n) is 3.10. The number of nitrogens with two attached hydrogens (primary N) is 1. The van der Waals surface area contributed by atoms with E-state index in [1.807, 2.05) is 31.2 Å². The van der Waals surface area contributed by atoms with Crippen LogP contribution in [0, 0.1) is 0 Å². The van der Waals surface area contributed by atoms with Gasteiger partial charge in [0.15, 0.2) is 0 Å². The Morgan fingerprint density at radius 1 is 1.28 bits per heavy atom. The summed E-state index contributed by atoms with van der Waals surface area (Å²) < 4.78 is 5.62. The number of para-hydroxylation sites is 2. The van der Waals surface area contributed by atoms with Crippen LogP contribution in [0.5, 0.6) is 5.75 Å². The quantitative estimate of drug-likeness (QED) is 0.878. The van der Waals surface area contributed by atoms with Gasteiger partial charge in [0.2, 0.25) is 0 Å². The van der Waals surface area contributed by atoms with Crippen LogP contribution < -0.4 is 15.4 Å². The van der Waals surface area contributed by atoms with E-state index in [-0.39, 0.29) is 6.03 Å². The normalized spacial score (nSPS) is 15.6. The Kier molecular flexibility index (Phi) is 3.92. The highest BCUT2D eigenvalue weighted by Gasteiger charge is 2.21. The summed E-state index contributed by atoms with van der Waals surface area (Å²) in [4.78, 5) is 15.0. The van der Waals surface area contributed by atoms with E-state index >= 15 is 0 Å². The molecule has 2 rings (SSSR count). The number of carbonyl (C=O) groups is 1. The average molecular weight is 249 g/mol. The lowest BCUT2D eigenvalue weighted by atomic mass is 10.2. The number of rotatable bonds is 3. The van der Waals surface area contributed by atoms with Crippen molar-refractivity contribution in [3.63, 3.8) is 0 Å². The summed E-state index contributed by atoms with van der Waals surface area (Å²) >= 11 is 0. The van der Waals surface area contributed by atoms with Crippen molar-refractivity contribution in [2.45, 2.75) is 6.92 Å². The summed E-state index contributed by atoms with van der Waals surface area (Å²) in [6.45, 7) is 5.52. The molecule has 18 heavy (non-hydrogen) atoms. The van der Waals surface area contributed by atoms with Gasteiger partial charge in [-0.15, -0.1) is 0 Å². The molecule has 5 heteroatoms. The minimum absolute atomic E-state index is 0.340. The standard InChI is InChI=1S/C13H19N3O2/c1-2-18-12-6-4-3-5-11(12)15-7-9-16(10-8-15)13(14)17/h3-6H,2,7-10H2,1H3,(H2,14,17). The minimum atomic E-state index is -0.340. The topological polar surface area (TPSA) is 58.8 Å². The van der Waals surface area contributed by atoms with Gasteiger partial charge in [-0.3, -0.25) is 0 Å². The molecule has 1 aliphatic heterocycles. The van der Waals surface area contributed by atoms with E-state index in [4.69, 9.17) is 10.5 Å². The SMILES string of the molecule is CCOc1ccccc1N1CCN(C(N)=O)CC1. The Morgan fingerprint density at radius 3 is 2.56 bits per heavy atom. The summed E-state index contributed by atoms with van der Waals surface area (Å²) in [5, 5.41) is 0. The zero-order valence-corrected chi connectivity index (χ0v) is 10.6. The number of hydrogen-bond acceptors (Lipinski definition) is 3. The zero-order valence-electron chi connectivity index (χ0n) is 10.6. The molecule has 0 unspecified atom stereocenters. The number of amides is 2. The molecule has 0 saturated carbocycles. The predicted molar refractivity (Wildman–Crippen MR) is 71.0 cm³/mol. The molecule has 0 radical (unpaired) electrons. The lowest BCUT2D eigenvalue weighted by molar-refractivity contribution is 0.204. The number of hydrogen-bond donors (Lipinski definition) is 1. The molecule has 2 N–H and O–H groups in total. The number of anilines is 1. The van der Waals surface area contributed by atoms with E-state index in [2.05, 4.69) is 4.90 Å². The largest absolute Gasteiger partial charge is 0.492 e. The molecule has 1 saturated heterocycles. The van der Waals surface area contributed by atoms with Crippen molar-refractivity contribution in [1.29, 1.82) is 0 Å². The minimum Gasteiger partial charge on any atom is -0.492 e. The van der Waals surface area contributed by atoms with Crippen LogP contribution in [0.25, 0.3) is 0 Å². The molecule has 98 valence electrons. The Balaban J connectivity index is 2.07. The molecule has 1 fully saturated rings. The van der Waals surface area contributed by atoms with Gasteiger partial charge in [-0.2, -0.15) is 0 Å². The van der Waals surface area contributed by atoms with E-state index in [9.17, 15) is 4.79 Å². The van der Waals surface area contributed by atoms with Gasteiger partial charge in [0.1, 0.15) is 5.75 Å². The monoisotopic (exact) mass is 249 g/mol. The van der Waals surface area contributed by atoms with Crippen LogP contribution in [-0.4, -0.2) is 43.7 Å². The third-order valence-corrected chi connectivity index (χ3v) is 3.10. The first-order chi connectivity index (χ1) is 8.72. The van der Waals surface area contributed by atoms with Crippen molar-refractivity contribution in [2.75, 3.05) is 37.7 Å². The number of urea groups is 1. The maximum absolute atomic E-state index is 11.1. The number of ether oxygens (including phenoxy) is 1. The van der Waals surface area contributed by atoms with Crippen LogP contribution in [0.15, 0.2) is 24.3 Å². The first kappa shape index (κ1) is 12.5. The molecule has 1 heterocycles. The number of primary amides is 1. The molecule has 0 aliphatic carbocycles.